The highest BCUT2D eigenvalue weighted by atomic mass is 15.2. The predicted molar refractivity (Wildman–Crippen MR) is 97.0 cm³/mol. The molecule has 4 rings (SSSR count). The Morgan fingerprint density at radius 1 is 1.00 bits per heavy atom. The van der Waals surface area contributed by atoms with Crippen molar-refractivity contribution in [3.63, 3.8) is 0 Å². The van der Waals surface area contributed by atoms with Crippen LogP contribution in [0.25, 0.3) is 5.57 Å². The third-order valence-electron chi connectivity index (χ3n) is 5.23. The van der Waals surface area contributed by atoms with Crippen molar-refractivity contribution in [1.82, 2.24) is 4.90 Å². The number of fused-ring (bicyclic) bond motifs is 1. The Morgan fingerprint density at radius 2 is 1.74 bits per heavy atom. The van der Waals surface area contributed by atoms with Crippen molar-refractivity contribution < 1.29 is 0 Å². The number of allylic oxidation sites excluding steroid dienone is 1. The third-order valence-corrected chi connectivity index (χ3v) is 5.23. The number of rotatable bonds is 3. The van der Waals surface area contributed by atoms with Crippen LogP contribution < -0.4 is 0 Å². The van der Waals surface area contributed by atoms with Gasteiger partial charge in [0.15, 0.2) is 0 Å². The lowest BCUT2D eigenvalue weighted by atomic mass is 9.93. The number of hydrogen-bond donors (Lipinski definition) is 0. The summed E-state index contributed by atoms with van der Waals surface area (Å²) < 4.78 is 0. The van der Waals surface area contributed by atoms with Crippen LogP contribution in [0, 0.1) is 18.8 Å². The zero-order valence-electron chi connectivity index (χ0n) is 13.7. The Labute approximate surface area is 139 Å². The van der Waals surface area contributed by atoms with Crippen molar-refractivity contribution >= 4 is 5.57 Å². The van der Waals surface area contributed by atoms with E-state index in [1.54, 1.807) is 0 Å². The highest BCUT2D eigenvalue weighted by Gasteiger charge is 2.38. The van der Waals surface area contributed by atoms with Gasteiger partial charge in [-0.05, 0) is 35.1 Å². The van der Waals surface area contributed by atoms with Gasteiger partial charge in [-0.1, -0.05) is 72.8 Å². The zero-order chi connectivity index (χ0) is 15.8. The second kappa shape index (κ2) is 5.82. The molecule has 1 fully saturated rings. The van der Waals surface area contributed by atoms with Crippen molar-refractivity contribution in [3.8, 4) is 0 Å². The molecular weight excluding hydrogens is 278 g/mol. The van der Waals surface area contributed by atoms with E-state index < -0.39 is 0 Å². The van der Waals surface area contributed by atoms with Gasteiger partial charge < -0.3 is 0 Å². The van der Waals surface area contributed by atoms with E-state index in [9.17, 15) is 0 Å². The van der Waals surface area contributed by atoms with Crippen LogP contribution in [-0.4, -0.2) is 18.0 Å². The molecule has 0 N–H and O–H groups in total. The maximum absolute atomic E-state index is 4.41. The number of likely N-dealkylation sites (tertiary alicyclic amines) is 1. The molecule has 2 aliphatic rings. The molecule has 0 amide bonds. The zero-order valence-corrected chi connectivity index (χ0v) is 13.7. The average molecular weight is 301 g/mol. The maximum Gasteiger partial charge on any atom is 0.0234 e. The van der Waals surface area contributed by atoms with E-state index >= 15 is 0 Å². The molecule has 0 saturated carbocycles. The van der Waals surface area contributed by atoms with Gasteiger partial charge in [-0.2, -0.15) is 0 Å². The van der Waals surface area contributed by atoms with Gasteiger partial charge in [0.1, 0.15) is 0 Å². The minimum absolute atomic E-state index is 0.593. The van der Waals surface area contributed by atoms with Crippen LogP contribution in [0.2, 0.25) is 0 Å². The number of benzene rings is 2. The Bertz CT molecular complexity index is 739. The van der Waals surface area contributed by atoms with Gasteiger partial charge in [-0.25, -0.2) is 0 Å². The van der Waals surface area contributed by atoms with E-state index in [1.807, 2.05) is 0 Å². The first-order valence-corrected chi connectivity index (χ1v) is 8.45. The molecule has 0 bridgehead atoms. The molecule has 2 aromatic rings. The second-order valence-corrected chi connectivity index (χ2v) is 6.92. The van der Waals surface area contributed by atoms with E-state index in [0.717, 1.165) is 19.6 Å². The molecular formula is C22H23N. The molecule has 116 valence electrons. The molecule has 1 nitrogen and oxygen atoms in total. The monoisotopic (exact) mass is 301 g/mol. The first-order valence-electron chi connectivity index (χ1n) is 8.45. The van der Waals surface area contributed by atoms with Crippen molar-refractivity contribution in [3.05, 3.63) is 89.5 Å². The van der Waals surface area contributed by atoms with Gasteiger partial charge in [0.05, 0.1) is 0 Å². The van der Waals surface area contributed by atoms with Gasteiger partial charge >= 0.3 is 0 Å². The predicted octanol–water partition coefficient (Wildman–Crippen LogP) is 4.70. The fraction of sp³-hybridized carbons (Fsp3) is 0.273. The molecule has 0 radical (unpaired) electrons. The molecule has 2 atom stereocenters. The summed E-state index contributed by atoms with van der Waals surface area (Å²) in [4.78, 5) is 2.57. The largest absolute Gasteiger partial charge is 0.298 e. The summed E-state index contributed by atoms with van der Waals surface area (Å²) in [5, 5.41) is 0. The average Bonchev–Trinajstić information content (AvgIpc) is 3.10. The van der Waals surface area contributed by atoms with Gasteiger partial charge in [-0.3, -0.25) is 4.90 Å². The third kappa shape index (κ3) is 2.77. The molecule has 0 spiro atoms. The molecule has 0 aromatic heterocycles. The molecule has 23 heavy (non-hydrogen) atoms. The van der Waals surface area contributed by atoms with Crippen molar-refractivity contribution in [2.45, 2.75) is 13.5 Å². The van der Waals surface area contributed by atoms with E-state index in [2.05, 4.69) is 79.1 Å². The Balaban J connectivity index is 1.48. The minimum Gasteiger partial charge on any atom is -0.298 e. The molecule has 2 unspecified atom stereocenters. The fourth-order valence-electron chi connectivity index (χ4n) is 3.95. The highest BCUT2D eigenvalue weighted by molar-refractivity contribution is 5.82. The van der Waals surface area contributed by atoms with Gasteiger partial charge in [0, 0.05) is 25.6 Å². The van der Waals surface area contributed by atoms with E-state index in [4.69, 9.17) is 0 Å². The van der Waals surface area contributed by atoms with Crippen LogP contribution in [0.4, 0.5) is 0 Å². The summed E-state index contributed by atoms with van der Waals surface area (Å²) in [5.74, 6) is 1.22. The highest BCUT2D eigenvalue weighted by Crippen LogP contribution is 2.44. The van der Waals surface area contributed by atoms with Crippen molar-refractivity contribution in [2.75, 3.05) is 13.1 Å². The number of nitrogens with zero attached hydrogens (tertiary/aromatic N) is 1. The Hall–Kier alpha value is -2.12. The minimum atomic E-state index is 0.593. The first-order chi connectivity index (χ1) is 11.2. The van der Waals surface area contributed by atoms with Gasteiger partial charge in [0.2, 0.25) is 0 Å². The van der Waals surface area contributed by atoms with E-state index in [-0.39, 0.29) is 0 Å². The summed E-state index contributed by atoms with van der Waals surface area (Å²) >= 11 is 0. The maximum atomic E-state index is 4.41. The molecule has 1 heterocycles. The smallest absolute Gasteiger partial charge is 0.0234 e. The van der Waals surface area contributed by atoms with Gasteiger partial charge in [0.25, 0.3) is 0 Å². The van der Waals surface area contributed by atoms with Crippen LogP contribution >= 0.6 is 0 Å². The summed E-state index contributed by atoms with van der Waals surface area (Å²) in [7, 11) is 0. The van der Waals surface area contributed by atoms with E-state index in [1.165, 1.54) is 27.8 Å². The lowest BCUT2D eigenvalue weighted by Gasteiger charge is -2.18. The van der Waals surface area contributed by atoms with E-state index in [0.29, 0.717) is 11.8 Å². The molecule has 1 saturated heterocycles. The summed E-state index contributed by atoms with van der Waals surface area (Å²) in [6.45, 7) is 9.88. The van der Waals surface area contributed by atoms with Crippen molar-refractivity contribution in [1.29, 1.82) is 0 Å². The van der Waals surface area contributed by atoms with Crippen LogP contribution in [0.5, 0.6) is 0 Å². The van der Waals surface area contributed by atoms with Crippen molar-refractivity contribution in [2.24, 2.45) is 11.8 Å². The standard InChI is InChI=1S/C22H23N/c1-16-8-10-18(11-9-16)13-23-14-20-12-21(17(2)22(20)15-23)19-6-4-3-5-7-19/h3-12,20,22H,2,13-15H2,1H3. The number of aryl methyl sites for hydroxylation is 1. The van der Waals surface area contributed by atoms with Crippen LogP contribution in [0.1, 0.15) is 16.7 Å². The summed E-state index contributed by atoms with van der Waals surface area (Å²) in [6, 6.07) is 19.6. The SMILES string of the molecule is C=C1C(c2ccccc2)=CC2CN(Cc3ccc(C)cc3)CC12. The molecule has 1 aliphatic carbocycles. The molecule has 2 aromatic carbocycles. The quantitative estimate of drug-likeness (QED) is 0.794. The topological polar surface area (TPSA) is 3.24 Å². The molecule has 1 aliphatic heterocycles. The van der Waals surface area contributed by atoms with Crippen LogP contribution in [0.15, 0.2) is 72.8 Å². The fourth-order valence-corrected chi connectivity index (χ4v) is 3.95. The normalized spacial score (nSPS) is 23.9. The summed E-state index contributed by atoms with van der Waals surface area (Å²) in [6.07, 6.45) is 2.46. The van der Waals surface area contributed by atoms with Crippen LogP contribution in [-0.2, 0) is 6.54 Å². The molecule has 1 heteroatoms. The summed E-state index contributed by atoms with van der Waals surface area (Å²) in [5.41, 5.74) is 6.75. The van der Waals surface area contributed by atoms with Gasteiger partial charge in [-0.15, -0.1) is 0 Å². The second-order valence-electron chi connectivity index (χ2n) is 6.92. The number of hydrogen-bond acceptors (Lipinski definition) is 1. The lowest BCUT2D eigenvalue weighted by Crippen LogP contribution is -2.21. The Morgan fingerprint density at radius 3 is 2.43 bits per heavy atom. The Kier molecular flexibility index (Phi) is 3.66. The van der Waals surface area contributed by atoms with Crippen LogP contribution in [0.3, 0.4) is 0 Å². The first kappa shape index (κ1) is 14.5. The lowest BCUT2D eigenvalue weighted by molar-refractivity contribution is 0.319.